The summed E-state index contributed by atoms with van der Waals surface area (Å²) in [6.45, 7) is -0.160. The quantitative estimate of drug-likeness (QED) is 0.193. The Hall–Kier alpha value is -3.62. The summed E-state index contributed by atoms with van der Waals surface area (Å²) in [6.07, 6.45) is -2.18. The van der Waals surface area contributed by atoms with Gasteiger partial charge in [-0.25, -0.2) is 27.1 Å². The number of ether oxygens (including phenoxy) is 2. The van der Waals surface area contributed by atoms with Gasteiger partial charge in [-0.1, -0.05) is 72.8 Å². The average molecular weight is 642 g/mol. The number of benzene rings is 4. The molecule has 10 nitrogen and oxygen atoms in total. The summed E-state index contributed by atoms with van der Waals surface area (Å²) in [4.78, 5) is 13.2. The summed E-state index contributed by atoms with van der Waals surface area (Å²) in [5, 5.41) is 1.24. The average Bonchev–Trinajstić information content (AvgIpc) is 3.37. The first kappa shape index (κ1) is 30.8. The second-order valence-electron chi connectivity index (χ2n) is 10.0. The molecule has 2 atom stereocenters. The van der Waals surface area contributed by atoms with Crippen LogP contribution in [0.3, 0.4) is 0 Å². The summed E-state index contributed by atoms with van der Waals surface area (Å²) < 4.78 is 66.9. The molecule has 0 saturated carbocycles. The number of hydrogen-bond donors (Lipinski definition) is 2. The molecule has 0 radical (unpaired) electrons. The van der Waals surface area contributed by atoms with Gasteiger partial charge in [0.05, 0.1) is 24.3 Å². The zero-order valence-corrected chi connectivity index (χ0v) is 25.8. The number of sulfonamides is 2. The highest BCUT2D eigenvalue weighted by Gasteiger charge is 2.42. The van der Waals surface area contributed by atoms with Gasteiger partial charge >= 0.3 is 6.09 Å². The molecular formula is C30H31N3O7S3. The fourth-order valence-corrected chi connectivity index (χ4v) is 8.19. The highest BCUT2D eigenvalue weighted by Crippen LogP contribution is 2.31. The van der Waals surface area contributed by atoms with Gasteiger partial charge in [0.25, 0.3) is 0 Å². The van der Waals surface area contributed by atoms with Crippen LogP contribution in [0, 0.1) is 0 Å². The molecule has 0 spiro atoms. The molecule has 1 fully saturated rings. The van der Waals surface area contributed by atoms with E-state index in [1.54, 1.807) is 66.7 Å². The summed E-state index contributed by atoms with van der Waals surface area (Å²) >= 11 is 4.46. The summed E-state index contributed by atoms with van der Waals surface area (Å²) in [5.41, 5.74) is 3.44. The van der Waals surface area contributed by atoms with Crippen molar-refractivity contribution in [2.24, 2.45) is 0 Å². The van der Waals surface area contributed by atoms with Gasteiger partial charge in [-0.15, -0.1) is 4.41 Å². The summed E-state index contributed by atoms with van der Waals surface area (Å²) in [5.74, 6) is 0.167. The predicted octanol–water partition coefficient (Wildman–Crippen LogP) is 4.54. The van der Waals surface area contributed by atoms with Crippen LogP contribution in [0.1, 0.15) is 17.5 Å². The molecule has 4 aromatic carbocycles. The first-order valence-corrected chi connectivity index (χ1v) is 16.9. The SMILES string of the molecule is COc1ccc(CS(=O)(=O)N(Cc2ccccc2)NC(=O)O[C@H]2C[C@@H](S)CN2S(=O)(=O)c2ccc3ccccc3c2)cc1. The lowest BCUT2D eigenvalue weighted by molar-refractivity contribution is 0.0426. The maximum Gasteiger partial charge on any atom is 0.424 e. The van der Waals surface area contributed by atoms with Gasteiger partial charge < -0.3 is 9.47 Å². The lowest BCUT2D eigenvalue weighted by Gasteiger charge is -2.27. The Kier molecular flexibility index (Phi) is 9.28. The third-order valence-corrected chi connectivity index (χ3v) is 10.8. The molecule has 0 bridgehead atoms. The Morgan fingerprint density at radius 1 is 0.907 bits per heavy atom. The molecule has 1 aliphatic rings. The highest BCUT2D eigenvalue weighted by molar-refractivity contribution is 7.89. The Balaban J connectivity index is 1.35. The van der Waals surface area contributed by atoms with Crippen LogP contribution in [0.5, 0.6) is 5.75 Å². The number of amides is 1. The third kappa shape index (κ3) is 7.31. The van der Waals surface area contributed by atoms with Crippen LogP contribution in [0.15, 0.2) is 102 Å². The molecule has 13 heteroatoms. The molecule has 5 rings (SSSR count). The monoisotopic (exact) mass is 641 g/mol. The van der Waals surface area contributed by atoms with Crippen LogP contribution in [-0.2, 0) is 37.1 Å². The minimum Gasteiger partial charge on any atom is -0.497 e. The molecule has 1 amide bonds. The van der Waals surface area contributed by atoms with Crippen LogP contribution < -0.4 is 10.2 Å². The first-order chi connectivity index (χ1) is 20.5. The van der Waals surface area contributed by atoms with Crippen molar-refractivity contribution in [3.8, 4) is 5.75 Å². The summed E-state index contributed by atoms with van der Waals surface area (Å²) in [7, 11) is -6.67. The van der Waals surface area contributed by atoms with Crippen LogP contribution in [0.25, 0.3) is 10.8 Å². The van der Waals surface area contributed by atoms with Gasteiger partial charge in [-0.3, -0.25) is 0 Å². The largest absolute Gasteiger partial charge is 0.497 e. The number of carbonyl (C=O) groups excluding carboxylic acids is 1. The number of carbonyl (C=O) groups is 1. The molecule has 1 aliphatic heterocycles. The van der Waals surface area contributed by atoms with E-state index in [0.29, 0.717) is 16.9 Å². The van der Waals surface area contributed by atoms with Crippen LogP contribution in [-0.4, -0.2) is 56.8 Å². The van der Waals surface area contributed by atoms with E-state index in [2.05, 4.69) is 18.1 Å². The molecule has 226 valence electrons. The maximum absolute atomic E-state index is 13.7. The van der Waals surface area contributed by atoms with Crippen molar-refractivity contribution in [2.75, 3.05) is 13.7 Å². The Bertz CT molecular complexity index is 1800. The van der Waals surface area contributed by atoms with Gasteiger partial charge in [0.2, 0.25) is 20.0 Å². The molecule has 0 unspecified atom stereocenters. The molecule has 1 saturated heterocycles. The van der Waals surface area contributed by atoms with E-state index in [4.69, 9.17) is 9.47 Å². The van der Waals surface area contributed by atoms with E-state index in [-0.39, 0.29) is 24.4 Å². The molecule has 43 heavy (non-hydrogen) atoms. The van der Waals surface area contributed by atoms with Crippen molar-refractivity contribution in [1.82, 2.24) is 14.1 Å². The van der Waals surface area contributed by atoms with E-state index in [0.717, 1.165) is 19.5 Å². The van der Waals surface area contributed by atoms with E-state index in [1.165, 1.54) is 13.2 Å². The normalized spacial score (nSPS) is 17.7. The molecular weight excluding hydrogens is 611 g/mol. The third-order valence-electron chi connectivity index (χ3n) is 6.99. The van der Waals surface area contributed by atoms with Crippen molar-refractivity contribution >= 4 is 49.5 Å². The van der Waals surface area contributed by atoms with Crippen molar-refractivity contribution in [1.29, 1.82) is 0 Å². The smallest absolute Gasteiger partial charge is 0.424 e. The molecule has 0 aliphatic carbocycles. The maximum atomic E-state index is 13.7. The number of rotatable bonds is 10. The standard InChI is InChI=1S/C30H31N3O7S3/c1-39-26-14-11-23(12-15-26)21-42(35,36)33(19-22-7-3-2-4-8-22)31-30(34)40-29-18-27(41)20-32(29)43(37,38)28-16-13-24-9-5-6-10-25(24)17-28/h2-17,27,29,41H,18-21H2,1H3,(H,31,34)/t27-,29+/m1/s1. The van der Waals surface area contributed by atoms with Gasteiger partial charge in [0.1, 0.15) is 5.75 Å². The second kappa shape index (κ2) is 12.9. The van der Waals surface area contributed by atoms with Crippen molar-refractivity contribution in [3.05, 3.63) is 108 Å². The Labute approximate surface area is 256 Å². The van der Waals surface area contributed by atoms with Gasteiger partial charge in [-0.05, 0) is 46.2 Å². The number of hydrogen-bond acceptors (Lipinski definition) is 8. The van der Waals surface area contributed by atoms with E-state index < -0.39 is 43.4 Å². The van der Waals surface area contributed by atoms with Crippen LogP contribution in [0.4, 0.5) is 4.79 Å². The van der Waals surface area contributed by atoms with Crippen molar-refractivity contribution in [3.63, 3.8) is 0 Å². The van der Waals surface area contributed by atoms with E-state index in [1.807, 2.05) is 24.3 Å². The predicted molar refractivity (Wildman–Crippen MR) is 166 cm³/mol. The first-order valence-electron chi connectivity index (χ1n) is 13.4. The van der Waals surface area contributed by atoms with E-state index >= 15 is 0 Å². The molecule has 4 aromatic rings. The minimum atomic E-state index is -4.10. The molecule has 1 N–H and O–H groups in total. The number of thiol groups is 1. The summed E-state index contributed by atoms with van der Waals surface area (Å²) in [6, 6.07) is 27.5. The zero-order valence-electron chi connectivity index (χ0n) is 23.2. The topological polar surface area (TPSA) is 122 Å². The van der Waals surface area contributed by atoms with Gasteiger partial charge in [-0.2, -0.15) is 16.9 Å². The van der Waals surface area contributed by atoms with E-state index in [9.17, 15) is 21.6 Å². The fourth-order valence-electron chi connectivity index (χ4n) is 4.79. The number of fused-ring (bicyclic) bond motifs is 1. The molecule has 1 heterocycles. The minimum absolute atomic E-state index is 0.0136. The second-order valence-corrected chi connectivity index (χ2v) is 14.6. The number of hydrazine groups is 1. The Morgan fingerprint density at radius 2 is 1.58 bits per heavy atom. The van der Waals surface area contributed by atoms with Crippen molar-refractivity contribution < 1.29 is 31.1 Å². The van der Waals surface area contributed by atoms with Crippen LogP contribution in [0.2, 0.25) is 0 Å². The lowest BCUT2D eigenvalue weighted by Crippen LogP contribution is -2.48. The van der Waals surface area contributed by atoms with Crippen molar-refractivity contribution in [2.45, 2.75) is 35.1 Å². The molecule has 0 aromatic heterocycles. The highest BCUT2D eigenvalue weighted by atomic mass is 32.2. The number of nitrogens with zero attached hydrogens (tertiary/aromatic N) is 2. The zero-order chi connectivity index (χ0) is 30.6. The number of nitrogens with one attached hydrogen (secondary N) is 1. The Morgan fingerprint density at radius 3 is 2.28 bits per heavy atom. The number of methoxy groups -OCH3 is 1. The van der Waals surface area contributed by atoms with Crippen LogP contribution >= 0.6 is 12.6 Å². The fraction of sp³-hybridized carbons (Fsp3) is 0.233. The lowest BCUT2D eigenvalue weighted by atomic mass is 10.1. The van der Waals surface area contributed by atoms with Gasteiger partial charge in [0, 0.05) is 18.2 Å². The van der Waals surface area contributed by atoms with Gasteiger partial charge in [0.15, 0.2) is 6.23 Å².